The first-order valence-electron chi connectivity index (χ1n) is 7.87. The Morgan fingerprint density at radius 2 is 2.04 bits per heavy atom. The van der Waals surface area contributed by atoms with Gasteiger partial charge < -0.3 is 5.32 Å². The van der Waals surface area contributed by atoms with E-state index in [1.54, 1.807) is 12.1 Å². The van der Waals surface area contributed by atoms with Gasteiger partial charge in [0, 0.05) is 11.4 Å². The minimum atomic E-state index is -0.300. The maximum Gasteiger partial charge on any atom is 0.237 e. The molecule has 24 heavy (non-hydrogen) atoms. The molecule has 0 spiro atoms. The molecule has 0 aliphatic rings. The number of benzene rings is 1. The Kier molecular flexibility index (Phi) is 5.99. The van der Waals surface area contributed by atoms with E-state index in [1.807, 2.05) is 45.9 Å². The van der Waals surface area contributed by atoms with Crippen molar-refractivity contribution in [3.63, 3.8) is 0 Å². The van der Waals surface area contributed by atoms with Crippen molar-refractivity contribution in [1.82, 2.24) is 4.98 Å². The SMILES string of the molecule is CCC(Sc1nc(C)ccc1C#N)C(=O)Nc1cc(C)ccc1C. The van der Waals surface area contributed by atoms with Crippen molar-refractivity contribution in [2.24, 2.45) is 0 Å². The highest BCUT2D eigenvalue weighted by atomic mass is 32.2. The van der Waals surface area contributed by atoms with E-state index in [0.29, 0.717) is 17.0 Å². The Morgan fingerprint density at radius 1 is 1.29 bits per heavy atom. The summed E-state index contributed by atoms with van der Waals surface area (Å²) in [7, 11) is 0. The number of amides is 1. The highest BCUT2D eigenvalue weighted by molar-refractivity contribution is 8.00. The summed E-state index contributed by atoms with van der Waals surface area (Å²) < 4.78 is 0. The van der Waals surface area contributed by atoms with Crippen LogP contribution in [0.15, 0.2) is 35.4 Å². The zero-order chi connectivity index (χ0) is 17.7. The van der Waals surface area contributed by atoms with Crippen LogP contribution >= 0.6 is 11.8 Å². The zero-order valence-electron chi connectivity index (χ0n) is 14.4. The van der Waals surface area contributed by atoms with E-state index in [9.17, 15) is 10.1 Å². The summed E-state index contributed by atoms with van der Waals surface area (Å²) in [5.41, 5.74) is 4.30. The summed E-state index contributed by atoms with van der Waals surface area (Å²) in [5, 5.41) is 12.5. The largest absolute Gasteiger partial charge is 0.325 e. The first-order valence-corrected chi connectivity index (χ1v) is 8.75. The summed E-state index contributed by atoms with van der Waals surface area (Å²) in [6, 6.07) is 11.7. The van der Waals surface area contributed by atoms with Crippen molar-refractivity contribution in [3.8, 4) is 6.07 Å². The lowest BCUT2D eigenvalue weighted by Crippen LogP contribution is -2.25. The number of aryl methyl sites for hydroxylation is 3. The number of rotatable bonds is 5. The van der Waals surface area contributed by atoms with E-state index in [0.717, 1.165) is 22.5 Å². The third-order valence-corrected chi connectivity index (χ3v) is 5.05. The Morgan fingerprint density at radius 3 is 2.71 bits per heavy atom. The maximum absolute atomic E-state index is 12.7. The highest BCUT2D eigenvalue weighted by Gasteiger charge is 2.21. The van der Waals surface area contributed by atoms with Gasteiger partial charge in [0.2, 0.25) is 5.91 Å². The summed E-state index contributed by atoms with van der Waals surface area (Å²) in [6.07, 6.45) is 0.655. The van der Waals surface area contributed by atoms with Gasteiger partial charge in [-0.25, -0.2) is 4.98 Å². The van der Waals surface area contributed by atoms with Crippen molar-refractivity contribution < 1.29 is 4.79 Å². The van der Waals surface area contributed by atoms with E-state index in [4.69, 9.17) is 0 Å². The molecule has 1 amide bonds. The van der Waals surface area contributed by atoms with Crippen molar-refractivity contribution in [1.29, 1.82) is 5.26 Å². The summed E-state index contributed by atoms with van der Waals surface area (Å²) in [4.78, 5) is 17.1. The first kappa shape index (κ1) is 18.0. The molecule has 2 aromatic rings. The Hall–Kier alpha value is -2.32. The molecule has 124 valence electrons. The van der Waals surface area contributed by atoms with E-state index in [-0.39, 0.29) is 11.2 Å². The molecule has 1 atom stereocenters. The fourth-order valence-electron chi connectivity index (χ4n) is 2.25. The van der Waals surface area contributed by atoms with Gasteiger partial charge >= 0.3 is 0 Å². The number of aromatic nitrogens is 1. The number of thioether (sulfide) groups is 1. The first-order chi connectivity index (χ1) is 11.4. The van der Waals surface area contributed by atoms with Gasteiger partial charge in [-0.2, -0.15) is 5.26 Å². The molecule has 1 N–H and O–H groups in total. The highest BCUT2D eigenvalue weighted by Crippen LogP contribution is 2.28. The van der Waals surface area contributed by atoms with E-state index in [2.05, 4.69) is 16.4 Å². The summed E-state index contributed by atoms with van der Waals surface area (Å²) in [5.74, 6) is -0.0663. The van der Waals surface area contributed by atoms with Crippen LogP contribution in [0.5, 0.6) is 0 Å². The van der Waals surface area contributed by atoms with Crippen LogP contribution in [0, 0.1) is 32.1 Å². The molecule has 1 aromatic carbocycles. The van der Waals surface area contributed by atoms with Crippen LogP contribution in [-0.4, -0.2) is 16.1 Å². The molecule has 0 aliphatic carbocycles. The lowest BCUT2D eigenvalue weighted by atomic mass is 10.1. The fourth-order valence-corrected chi connectivity index (χ4v) is 3.29. The standard InChI is InChI=1S/C19H21N3OS/c1-5-17(24-19-15(11-20)9-8-14(4)21-19)18(23)22-16-10-12(2)6-7-13(16)3/h6-10,17H,5H2,1-4H3,(H,22,23). The van der Waals surface area contributed by atoms with Crippen molar-refractivity contribution in [2.45, 2.75) is 44.4 Å². The molecular formula is C19H21N3OS. The number of carbonyl (C=O) groups excluding carboxylic acids is 1. The third-order valence-electron chi connectivity index (χ3n) is 3.69. The third kappa shape index (κ3) is 4.36. The molecule has 1 heterocycles. The van der Waals surface area contributed by atoms with Crippen molar-refractivity contribution in [3.05, 3.63) is 52.7 Å². The Balaban J connectivity index is 2.19. The molecule has 0 aliphatic heterocycles. The van der Waals surface area contributed by atoms with Gasteiger partial charge in [0.15, 0.2) is 0 Å². The summed E-state index contributed by atoms with van der Waals surface area (Å²) >= 11 is 1.35. The molecule has 4 nitrogen and oxygen atoms in total. The predicted molar refractivity (Wildman–Crippen MR) is 98.2 cm³/mol. The fraction of sp³-hybridized carbons (Fsp3) is 0.316. The number of nitrogens with zero attached hydrogens (tertiary/aromatic N) is 2. The van der Waals surface area contributed by atoms with Gasteiger partial charge in [-0.3, -0.25) is 4.79 Å². The topological polar surface area (TPSA) is 65.8 Å². The number of hydrogen-bond donors (Lipinski definition) is 1. The molecule has 1 aromatic heterocycles. The molecule has 0 radical (unpaired) electrons. The van der Waals surface area contributed by atoms with Gasteiger partial charge in [0.05, 0.1) is 10.8 Å². The summed E-state index contributed by atoms with van der Waals surface area (Å²) in [6.45, 7) is 7.81. The van der Waals surface area contributed by atoms with Crippen LogP contribution in [0.25, 0.3) is 0 Å². The number of carbonyl (C=O) groups is 1. The molecule has 1 unspecified atom stereocenters. The lowest BCUT2D eigenvalue weighted by Gasteiger charge is -2.16. The van der Waals surface area contributed by atoms with Gasteiger partial charge in [-0.05, 0) is 56.5 Å². The van der Waals surface area contributed by atoms with Gasteiger partial charge in [0.25, 0.3) is 0 Å². The van der Waals surface area contributed by atoms with Gasteiger partial charge in [0.1, 0.15) is 11.1 Å². The zero-order valence-corrected chi connectivity index (χ0v) is 15.2. The molecule has 0 fully saturated rings. The van der Waals surface area contributed by atoms with Gasteiger partial charge in [-0.1, -0.05) is 30.8 Å². The second-order valence-electron chi connectivity index (χ2n) is 5.74. The number of hydrogen-bond acceptors (Lipinski definition) is 4. The van der Waals surface area contributed by atoms with Crippen LogP contribution in [0.3, 0.4) is 0 Å². The van der Waals surface area contributed by atoms with Crippen LogP contribution < -0.4 is 5.32 Å². The Labute approximate surface area is 147 Å². The van der Waals surface area contributed by atoms with E-state index >= 15 is 0 Å². The number of anilines is 1. The molecular weight excluding hydrogens is 318 g/mol. The van der Waals surface area contributed by atoms with E-state index in [1.165, 1.54) is 11.8 Å². The van der Waals surface area contributed by atoms with Crippen molar-refractivity contribution >= 4 is 23.4 Å². The second kappa shape index (κ2) is 7.98. The minimum absolute atomic E-state index is 0.0663. The van der Waals surface area contributed by atoms with Crippen LogP contribution in [-0.2, 0) is 4.79 Å². The van der Waals surface area contributed by atoms with E-state index < -0.39 is 0 Å². The predicted octanol–water partition coefficient (Wildman–Crippen LogP) is 4.39. The van der Waals surface area contributed by atoms with Crippen LogP contribution in [0.2, 0.25) is 0 Å². The van der Waals surface area contributed by atoms with Crippen LogP contribution in [0.4, 0.5) is 5.69 Å². The smallest absolute Gasteiger partial charge is 0.237 e. The average molecular weight is 339 g/mol. The molecule has 5 heteroatoms. The maximum atomic E-state index is 12.7. The quantitative estimate of drug-likeness (QED) is 0.821. The Bertz CT molecular complexity index is 796. The van der Waals surface area contributed by atoms with Gasteiger partial charge in [-0.15, -0.1) is 0 Å². The lowest BCUT2D eigenvalue weighted by molar-refractivity contribution is -0.115. The molecule has 2 rings (SSSR count). The normalized spacial score (nSPS) is 11.6. The minimum Gasteiger partial charge on any atom is -0.325 e. The molecule has 0 saturated carbocycles. The molecule has 0 saturated heterocycles. The average Bonchev–Trinajstić information content (AvgIpc) is 2.56. The number of nitrogens with one attached hydrogen (secondary N) is 1. The van der Waals surface area contributed by atoms with Crippen LogP contribution in [0.1, 0.15) is 35.7 Å². The monoisotopic (exact) mass is 339 g/mol. The van der Waals surface area contributed by atoms with Crippen molar-refractivity contribution in [2.75, 3.05) is 5.32 Å². The number of nitriles is 1. The second-order valence-corrected chi connectivity index (χ2v) is 6.93. The number of pyridine rings is 1. The molecule has 0 bridgehead atoms.